The average molecular weight is 340 g/mol. The number of para-hydroxylation sites is 1. The summed E-state index contributed by atoms with van der Waals surface area (Å²) in [6.07, 6.45) is 0.966. The van der Waals surface area contributed by atoms with Crippen molar-refractivity contribution in [1.29, 1.82) is 0 Å². The Balaban J connectivity index is 1.63. The molecule has 25 heavy (non-hydrogen) atoms. The lowest BCUT2D eigenvalue weighted by Gasteiger charge is -2.15. The summed E-state index contributed by atoms with van der Waals surface area (Å²) in [5, 5.41) is 14.7. The van der Waals surface area contributed by atoms with E-state index in [4.69, 9.17) is 9.84 Å². The highest BCUT2D eigenvalue weighted by Gasteiger charge is 2.33. The standard InChI is InChI=1S/C19H20N2O4/c1-12-11-14(25-13-5-3-2-4-6-13)7-8-15(12)21-18(22)16-9-10-17(20-16)19(23)24/h2-8,11,16-17,20H,9-10H2,1H3,(H,21,22)(H,23,24)/t16-,17+/m0/s1. The molecule has 1 fully saturated rings. The first-order valence-electron chi connectivity index (χ1n) is 8.16. The number of aliphatic carboxylic acids is 1. The molecule has 0 spiro atoms. The minimum absolute atomic E-state index is 0.219. The van der Waals surface area contributed by atoms with Crippen molar-refractivity contribution in [2.75, 3.05) is 5.32 Å². The Morgan fingerprint density at radius 2 is 1.80 bits per heavy atom. The lowest BCUT2D eigenvalue weighted by Crippen LogP contribution is -2.42. The van der Waals surface area contributed by atoms with E-state index >= 15 is 0 Å². The van der Waals surface area contributed by atoms with Crippen molar-refractivity contribution in [3.8, 4) is 11.5 Å². The van der Waals surface area contributed by atoms with Gasteiger partial charge in [0.15, 0.2) is 0 Å². The molecule has 2 atom stereocenters. The zero-order chi connectivity index (χ0) is 17.8. The third-order valence-corrected chi connectivity index (χ3v) is 4.20. The summed E-state index contributed by atoms with van der Waals surface area (Å²) in [6, 6.07) is 13.7. The second-order valence-corrected chi connectivity index (χ2v) is 6.07. The van der Waals surface area contributed by atoms with E-state index in [1.807, 2.05) is 43.3 Å². The van der Waals surface area contributed by atoms with Gasteiger partial charge in [-0.05, 0) is 55.7 Å². The maximum atomic E-state index is 12.3. The van der Waals surface area contributed by atoms with Crippen molar-refractivity contribution < 1.29 is 19.4 Å². The van der Waals surface area contributed by atoms with Crippen LogP contribution in [0, 0.1) is 6.92 Å². The van der Waals surface area contributed by atoms with E-state index in [0.717, 1.165) is 11.3 Å². The van der Waals surface area contributed by atoms with Crippen LogP contribution in [0.5, 0.6) is 11.5 Å². The van der Waals surface area contributed by atoms with Gasteiger partial charge in [0.05, 0.1) is 6.04 Å². The molecule has 1 aliphatic rings. The number of hydrogen-bond donors (Lipinski definition) is 3. The lowest BCUT2D eigenvalue weighted by molar-refractivity contribution is -0.139. The fourth-order valence-electron chi connectivity index (χ4n) is 2.83. The Labute approximate surface area is 145 Å². The average Bonchev–Trinajstić information content (AvgIpc) is 3.09. The molecule has 6 nitrogen and oxygen atoms in total. The fraction of sp³-hybridized carbons (Fsp3) is 0.263. The minimum Gasteiger partial charge on any atom is -0.480 e. The number of nitrogens with one attached hydrogen (secondary N) is 2. The molecule has 2 aromatic rings. The van der Waals surface area contributed by atoms with Gasteiger partial charge in [0.1, 0.15) is 17.5 Å². The third kappa shape index (κ3) is 4.16. The second-order valence-electron chi connectivity index (χ2n) is 6.07. The van der Waals surface area contributed by atoms with E-state index in [-0.39, 0.29) is 5.91 Å². The van der Waals surface area contributed by atoms with Gasteiger partial charge in [0, 0.05) is 5.69 Å². The molecule has 1 saturated heterocycles. The van der Waals surface area contributed by atoms with Crippen LogP contribution < -0.4 is 15.4 Å². The van der Waals surface area contributed by atoms with Crippen molar-refractivity contribution >= 4 is 17.6 Å². The van der Waals surface area contributed by atoms with E-state index in [1.165, 1.54) is 0 Å². The number of carbonyl (C=O) groups excluding carboxylic acids is 1. The van der Waals surface area contributed by atoms with Crippen LogP contribution in [0.1, 0.15) is 18.4 Å². The number of benzene rings is 2. The molecule has 0 bridgehead atoms. The van der Waals surface area contributed by atoms with Crippen LogP contribution in [0.3, 0.4) is 0 Å². The van der Waals surface area contributed by atoms with Gasteiger partial charge in [-0.25, -0.2) is 0 Å². The summed E-state index contributed by atoms with van der Waals surface area (Å²) in [6.45, 7) is 1.88. The maximum Gasteiger partial charge on any atom is 0.320 e. The van der Waals surface area contributed by atoms with Crippen LogP contribution in [0.15, 0.2) is 48.5 Å². The molecule has 0 aliphatic carbocycles. The van der Waals surface area contributed by atoms with Crippen LogP contribution in [-0.4, -0.2) is 29.1 Å². The van der Waals surface area contributed by atoms with Crippen molar-refractivity contribution in [2.24, 2.45) is 0 Å². The molecule has 2 aromatic carbocycles. The van der Waals surface area contributed by atoms with Gasteiger partial charge < -0.3 is 15.2 Å². The topological polar surface area (TPSA) is 87.7 Å². The summed E-state index contributed by atoms with van der Waals surface area (Å²) < 4.78 is 5.77. The Morgan fingerprint density at radius 1 is 1.08 bits per heavy atom. The van der Waals surface area contributed by atoms with Crippen molar-refractivity contribution in [1.82, 2.24) is 5.32 Å². The fourth-order valence-corrected chi connectivity index (χ4v) is 2.83. The number of ether oxygens (including phenoxy) is 1. The molecule has 1 aliphatic heterocycles. The number of carboxylic acid groups (broad SMARTS) is 1. The predicted octanol–water partition coefficient (Wildman–Crippen LogP) is 2.93. The van der Waals surface area contributed by atoms with E-state index < -0.39 is 18.1 Å². The highest BCUT2D eigenvalue weighted by molar-refractivity contribution is 5.96. The van der Waals surface area contributed by atoms with Crippen molar-refractivity contribution in [2.45, 2.75) is 31.8 Å². The Morgan fingerprint density at radius 3 is 2.44 bits per heavy atom. The molecular formula is C19H20N2O4. The van der Waals surface area contributed by atoms with E-state index in [1.54, 1.807) is 12.1 Å². The maximum absolute atomic E-state index is 12.3. The number of aryl methyl sites for hydroxylation is 1. The molecule has 3 N–H and O–H groups in total. The number of rotatable bonds is 5. The monoisotopic (exact) mass is 340 g/mol. The smallest absolute Gasteiger partial charge is 0.320 e. The lowest BCUT2D eigenvalue weighted by atomic mass is 10.1. The van der Waals surface area contributed by atoms with Gasteiger partial charge in [-0.1, -0.05) is 18.2 Å². The van der Waals surface area contributed by atoms with E-state index in [2.05, 4.69) is 10.6 Å². The van der Waals surface area contributed by atoms with Crippen LogP contribution >= 0.6 is 0 Å². The first kappa shape index (κ1) is 17.0. The summed E-state index contributed by atoms with van der Waals surface area (Å²) in [5.41, 5.74) is 1.56. The summed E-state index contributed by atoms with van der Waals surface area (Å²) in [7, 11) is 0. The number of hydrogen-bond acceptors (Lipinski definition) is 4. The molecule has 130 valence electrons. The van der Waals surface area contributed by atoms with Gasteiger partial charge in [-0.2, -0.15) is 0 Å². The van der Waals surface area contributed by atoms with Gasteiger partial charge >= 0.3 is 5.97 Å². The van der Waals surface area contributed by atoms with Gasteiger partial charge in [-0.3, -0.25) is 14.9 Å². The molecule has 0 aromatic heterocycles. The molecule has 1 amide bonds. The van der Waals surface area contributed by atoms with E-state index in [0.29, 0.717) is 24.3 Å². The Bertz CT molecular complexity index is 776. The predicted molar refractivity (Wildman–Crippen MR) is 93.9 cm³/mol. The summed E-state index contributed by atoms with van der Waals surface area (Å²) in [5.74, 6) is 0.289. The first-order chi connectivity index (χ1) is 12.0. The molecule has 6 heteroatoms. The van der Waals surface area contributed by atoms with Crippen LogP contribution in [0.25, 0.3) is 0 Å². The Kier molecular flexibility index (Phi) is 5.00. The largest absolute Gasteiger partial charge is 0.480 e. The quantitative estimate of drug-likeness (QED) is 0.779. The van der Waals surface area contributed by atoms with Gasteiger partial charge in [0.2, 0.25) is 5.91 Å². The minimum atomic E-state index is -0.922. The molecule has 0 radical (unpaired) electrons. The number of amides is 1. The van der Waals surface area contributed by atoms with Crippen LogP contribution in [0.4, 0.5) is 5.69 Å². The van der Waals surface area contributed by atoms with Crippen molar-refractivity contribution in [3.05, 3.63) is 54.1 Å². The second kappa shape index (κ2) is 7.36. The zero-order valence-electron chi connectivity index (χ0n) is 13.9. The first-order valence-corrected chi connectivity index (χ1v) is 8.16. The third-order valence-electron chi connectivity index (χ3n) is 4.20. The molecule has 3 rings (SSSR count). The highest BCUT2D eigenvalue weighted by atomic mass is 16.5. The highest BCUT2D eigenvalue weighted by Crippen LogP contribution is 2.26. The van der Waals surface area contributed by atoms with E-state index in [9.17, 15) is 9.59 Å². The number of anilines is 1. The molecule has 0 saturated carbocycles. The normalized spacial score (nSPS) is 19.4. The van der Waals surface area contributed by atoms with Gasteiger partial charge in [0.25, 0.3) is 0 Å². The van der Waals surface area contributed by atoms with Crippen LogP contribution in [0.2, 0.25) is 0 Å². The molecule has 1 heterocycles. The van der Waals surface area contributed by atoms with Gasteiger partial charge in [-0.15, -0.1) is 0 Å². The Hall–Kier alpha value is -2.86. The number of carboxylic acids is 1. The van der Waals surface area contributed by atoms with Crippen molar-refractivity contribution in [3.63, 3.8) is 0 Å². The SMILES string of the molecule is Cc1cc(Oc2ccccc2)ccc1NC(=O)[C@@H]1CC[C@H](C(=O)O)N1. The summed E-state index contributed by atoms with van der Waals surface area (Å²) in [4.78, 5) is 23.3. The summed E-state index contributed by atoms with van der Waals surface area (Å²) >= 11 is 0. The molecule has 0 unspecified atom stereocenters. The zero-order valence-corrected chi connectivity index (χ0v) is 13.9. The molecular weight excluding hydrogens is 320 g/mol. The number of carbonyl (C=O) groups is 2. The van der Waals surface area contributed by atoms with Crippen LogP contribution in [-0.2, 0) is 9.59 Å².